The molecule has 0 saturated heterocycles. The van der Waals surface area contributed by atoms with Crippen molar-refractivity contribution in [2.45, 2.75) is 37.6 Å². The van der Waals surface area contributed by atoms with Gasteiger partial charge in [0.15, 0.2) is 0 Å². The van der Waals surface area contributed by atoms with Crippen molar-refractivity contribution >= 4 is 22.6 Å². The number of benzene rings is 1. The molecule has 0 unspecified atom stereocenters. The summed E-state index contributed by atoms with van der Waals surface area (Å²) in [7, 11) is 0. The molecule has 1 nitrogen and oxygen atoms in total. The Bertz CT molecular complexity index is 311. The highest BCUT2D eigenvalue weighted by molar-refractivity contribution is 14.1. The molecule has 1 fully saturated rings. The molecule has 2 atom stereocenters. The van der Waals surface area contributed by atoms with Crippen molar-refractivity contribution in [1.29, 1.82) is 0 Å². The minimum atomic E-state index is 0.375. The normalized spacial score (nSPS) is 27.6. The Morgan fingerprint density at radius 2 is 1.86 bits per heavy atom. The maximum absolute atomic E-state index is 6.18. The lowest BCUT2D eigenvalue weighted by Crippen LogP contribution is -2.31. The number of halogens is 1. The average molecular weight is 301 g/mol. The van der Waals surface area contributed by atoms with E-state index in [0.717, 1.165) is 0 Å². The van der Waals surface area contributed by atoms with Crippen molar-refractivity contribution in [3.63, 3.8) is 0 Å². The van der Waals surface area contributed by atoms with Crippen LogP contribution < -0.4 is 5.73 Å². The molecule has 0 aliphatic heterocycles. The van der Waals surface area contributed by atoms with Crippen molar-refractivity contribution in [1.82, 2.24) is 0 Å². The Morgan fingerprint density at radius 3 is 2.57 bits per heavy atom. The number of rotatable bonds is 1. The molecule has 0 heterocycles. The van der Waals surface area contributed by atoms with Crippen LogP contribution in [0.3, 0.4) is 0 Å². The highest BCUT2D eigenvalue weighted by Gasteiger charge is 2.24. The Morgan fingerprint density at radius 1 is 1.14 bits per heavy atom. The van der Waals surface area contributed by atoms with Gasteiger partial charge in [0.2, 0.25) is 0 Å². The van der Waals surface area contributed by atoms with Crippen LogP contribution in [0.15, 0.2) is 24.3 Å². The fourth-order valence-electron chi connectivity index (χ4n) is 2.32. The molecule has 0 amide bonds. The zero-order chi connectivity index (χ0) is 9.97. The van der Waals surface area contributed by atoms with Gasteiger partial charge in [-0.15, -0.1) is 0 Å². The van der Waals surface area contributed by atoms with Crippen LogP contribution in [-0.4, -0.2) is 6.04 Å². The predicted octanol–water partition coefficient (Wildman–Crippen LogP) is 3.28. The molecule has 0 radical (unpaired) electrons. The first-order valence-corrected chi connectivity index (χ1v) is 6.37. The number of nitrogens with two attached hydrogens (primary N) is 1. The van der Waals surface area contributed by atoms with E-state index in [9.17, 15) is 0 Å². The van der Waals surface area contributed by atoms with E-state index in [1.807, 2.05) is 0 Å². The average Bonchev–Trinajstić information content (AvgIpc) is 2.20. The summed E-state index contributed by atoms with van der Waals surface area (Å²) < 4.78 is 1.37. The van der Waals surface area contributed by atoms with E-state index in [1.54, 1.807) is 0 Å². The van der Waals surface area contributed by atoms with E-state index in [1.165, 1.54) is 34.8 Å². The fraction of sp³-hybridized carbons (Fsp3) is 0.500. The molecular formula is C12H16IN. The summed E-state index contributed by atoms with van der Waals surface area (Å²) >= 11 is 2.42. The van der Waals surface area contributed by atoms with Crippen molar-refractivity contribution in [3.05, 3.63) is 33.4 Å². The highest BCUT2D eigenvalue weighted by atomic mass is 127. The summed E-state index contributed by atoms with van der Waals surface area (Å²) in [6.45, 7) is 0. The van der Waals surface area contributed by atoms with Gasteiger partial charge >= 0.3 is 0 Å². The van der Waals surface area contributed by atoms with Gasteiger partial charge in [-0.25, -0.2) is 0 Å². The fourth-order valence-corrected chi connectivity index (χ4v) is 3.11. The zero-order valence-electron chi connectivity index (χ0n) is 8.25. The molecule has 1 aliphatic rings. The van der Waals surface area contributed by atoms with E-state index in [-0.39, 0.29) is 0 Å². The van der Waals surface area contributed by atoms with Crippen molar-refractivity contribution in [3.8, 4) is 0 Å². The third kappa shape index (κ3) is 2.11. The van der Waals surface area contributed by atoms with E-state index in [4.69, 9.17) is 5.73 Å². The Hall–Kier alpha value is -0.0900. The Labute approximate surface area is 99.2 Å². The monoisotopic (exact) mass is 301 g/mol. The standard InChI is InChI=1S/C12H16IN/c13-11-7-3-1-5-9(11)10-6-2-4-8-12(10)14/h1,3,5,7,10,12H,2,4,6,8,14H2/t10-,12+/m1/s1. The lowest BCUT2D eigenvalue weighted by molar-refractivity contribution is 0.384. The van der Waals surface area contributed by atoms with Gasteiger partial charge in [0.05, 0.1) is 0 Å². The zero-order valence-corrected chi connectivity index (χ0v) is 10.4. The van der Waals surface area contributed by atoms with Gasteiger partial charge in [-0.3, -0.25) is 0 Å². The largest absolute Gasteiger partial charge is 0.327 e. The van der Waals surface area contributed by atoms with Crippen LogP contribution in [0, 0.1) is 3.57 Å². The van der Waals surface area contributed by atoms with Gasteiger partial charge in [-0.2, -0.15) is 0 Å². The second kappa shape index (κ2) is 4.62. The second-order valence-electron chi connectivity index (χ2n) is 4.08. The lowest BCUT2D eigenvalue weighted by atomic mass is 9.80. The quantitative estimate of drug-likeness (QED) is 0.792. The maximum Gasteiger partial charge on any atom is 0.0165 e. The van der Waals surface area contributed by atoms with Crippen LogP contribution in [0.25, 0.3) is 0 Å². The van der Waals surface area contributed by atoms with Crippen molar-refractivity contribution < 1.29 is 0 Å². The van der Waals surface area contributed by atoms with Crippen LogP contribution in [0.2, 0.25) is 0 Å². The summed E-state index contributed by atoms with van der Waals surface area (Å²) in [4.78, 5) is 0. The number of hydrogen-bond donors (Lipinski definition) is 1. The molecule has 2 heteroatoms. The Balaban J connectivity index is 2.25. The van der Waals surface area contributed by atoms with Crippen molar-refractivity contribution in [2.75, 3.05) is 0 Å². The maximum atomic E-state index is 6.18. The van der Waals surface area contributed by atoms with Crippen LogP contribution in [0.1, 0.15) is 37.2 Å². The van der Waals surface area contributed by atoms with Gasteiger partial charge in [-0.05, 0) is 47.1 Å². The van der Waals surface area contributed by atoms with E-state index in [2.05, 4.69) is 46.9 Å². The molecule has 2 rings (SSSR count). The summed E-state index contributed by atoms with van der Waals surface area (Å²) in [6, 6.07) is 9.01. The molecule has 1 aliphatic carbocycles. The summed E-state index contributed by atoms with van der Waals surface area (Å²) in [5.74, 6) is 0.594. The third-order valence-electron chi connectivity index (χ3n) is 3.12. The molecule has 76 valence electrons. The second-order valence-corrected chi connectivity index (χ2v) is 5.24. The molecule has 0 aromatic heterocycles. The molecule has 14 heavy (non-hydrogen) atoms. The van der Waals surface area contributed by atoms with Gasteiger partial charge < -0.3 is 5.73 Å². The van der Waals surface area contributed by atoms with Crippen LogP contribution >= 0.6 is 22.6 Å². The first-order valence-electron chi connectivity index (χ1n) is 5.29. The molecule has 0 bridgehead atoms. The van der Waals surface area contributed by atoms with E-state index >= 15 is 0 Å². The third-order valence-corrected chi connectivity index (χ3v) is 4.11. The Kier molecular flexibility index (Phi) is 3.44. The summed E-state index contributed by atoms with van der Waals surface area (Å²) in [5.41, 5.74) is 7.64. The topological polar surface area (TPSA) is 26.0 Å². The predicted molar refractivity (Wildman–Crippen MR) is 68.3 cm³/mol. The number of hydrogen-bond acceptors (Lipinski definition) is 1. The summed E-state index contributed by atoms with van der Waals surface area (Å²) in [5, 5.41) is 0. The first-order chi connectivity index (χ1) is 6.79. The van der Waals surface area contributed by atoms with Gasteiger partial charge in [-0.1, -0.05) is 31.0 Å². The molecule has 2 N–H and O–H groups in total. The molecular weight excluding hydrogens is 285 g/mol. The van der Waals surface area contributed by atoms with Crippen LogP contribution in [-0.2, 0) is 0 Å². The molecule has 1 saturated carbocycles. The lowest BCUT2D eigenvalue weighted by Gasteiger charge is -2.29. The molecule has 0 spiro atoms. The van der Waals surface area contributed by atoms with Gasteiger partial charge in [0.1, 0.15) is 0 Å². The highest BCUT2D eigenvalue weighted by Crippen LogP contribution is 2.33. The van der Waals surface area contributed by atoms with Gasteiger partial charge in [0.25, 0.3) is 0 Å². The molecule has 1 aromatic rings. The van der Waals surface area contributed by atoms with E-state index in [0.29, 0.717) is 12.0 Å². The minimum Gasteiger partial charge on any atom is -0.327 e. The van der Waals surface area contributed by atoms with Crippen LogP contribution in [0.5, 0.6) is 0 Å². The smallest absolute Gasteiger partial charge is 0.0165 e. The SMILES string of the molecule is N[C@H]1CCCC[C@@H]1c1ccccc1I. The summed E-state index contributed by atoms with van der Waals surface area (Å²) in [6.07, 6.45) is 5.10. The van der Waals surface area contributed by atoms with Crippen LogP contribution in [0.4, 0.5) is 0 Å². The first kappa shape index (κ1) is 10.4. The van der Waals surface area contributed by atoms with E-state index < -0.39 is 0 Å². The van der Waals surface area contributed by atoms with Gasteiger partial charge in [0, 0.05) is 15.5 Å². The molecule has 1 aromatic carbocycles. The minimum absolute atomic E-state index is 0.375. The van der Waals surface area contributed by atoms with Crippen molar-refractivity contribution in [2.24, 2.45) is 5.73 Å².